The zero-order valence-corrected chi connectivity index (χ0v) is 13.2. The zero-order valence-electron chi connectivity index (χ0n) is 11.7. The van der Waals surface area contributed by atoms with E-state index in [4.69, 9.17) is 32.4 Å². The molecule has 0 atom stereocenters. The Balaban J connectivity index is 1.72. The molecule has 0 spiro atoms. The molecule has 3 aromatic rings. The van der Waals surface area contributed by atoms with E-state index in [1.165, 1.54) is 0 Å². The van der Waals surface area contributed by atoms with Crippen LogP contribution in [0, 0.1) is 6.92 Å². The van der Waals surface area contributed by atoms with E-state index >= 15 is 0 Å². The minimum absolute atomic E-state index is 0.139. The molecule has 0 saturated carbocycles. The normalized spacial score (nSPS) is 10.7. The van der Waals surface area contributed by atoms with Gasteiger partial charge in [-0.05, 0) is 37.3 Å². The third-order valence-corrected chi connectivity index (χ3v) is 3.51. The van der Waals surface area contributed by atoms with Crippen LogP contribution in [0.25, 0.3) is 11.5 Å². The molecule has 0 unspecified atom stereocenters. The molecular weight excluding hydrogens is 323 g/mol. The van der Waals surface area contributed by atoms with Crippen molar-refractivity contribution in [3.8, 4) is 17.2 Å². The predicted molar refractivity (Wildman–Crippen MR) is 85.3 cm³/mol. The summed E-state index contributed by atoms with van der Waals surface area (Å²) in [6, 6.07) is 12.9. The van der Waals surface area contributed by atoms with Gasteiger partial charge in [-0.1, -0.05) is 40.9 Å². The van der Waals surface area contributed by atoms with Gasteiger partial charge < -0.3 is 9.15 Å². The Morgan fingerprint density at radius 3 is 2.73 bits per heavy atom. The van der Waals surface area contributed by atoms with Crippen LogP contribution in [-0.4, -0.2) is 10.2 Å². The molecule has 1 heterocycles. The van der Waals surface area contributed by atoms with E-state index < -0.39 is 0 Å². The maximum absolute atomic E-state index is 6.04. The number of halogens is 2. The van der Waals surface area contributed by atoms with Crippen LogP contribution in [0.3, 0.4) is 0 Å². The summed E-state index contributed by atoms with van der Waals surface area (Å²) in [6.07, 6.45) is 0. The Morgan fingerprint density at radius 2 is 1.95 bits per heavy atom. The Morgan fingerprint density at radius 1 is 1.09 bits per heavy atom. The van der Waals surface area contributed by atoms with E-state index in [1.807, 2.05) is 31.2 Å². The van der Waals surface area contributed by atoms with Crippen molar-refractivity contribution >= 4 is 23.2 Å². The number of hydrogen-bond acceptors (Lipinski definition) is 4. The van der Waals surface area contributed by atoms with Crippen molar-refractivity contribution in [1.29, 1.82) is 0 Å². The van der Waals surface area contributed by atoms with Crippen molar-refractivity contribution in [3.05, 3.63) is 64.0 Å². The molecule has 0 aliphatic heterocycles. The van der Waals surface area contributed by atoms with Crippen LogP contribution in [0.15, 0.2) is 46.9 Å². The van der Waals surface area contributed by atoms with E-state index in [-0.39, 0.29) is 6.61 Å². The lowest BCUT2D eigenvalue weighted by atomic mass is 10.1. The molecule has 0 bridgehead atoms. The second kappa shape index (κ2) is 6.38. The van der Waals surface area contributed by atoms with E-state index in [2.05, 4.69) is 10.2 Å². The fourth-order valence-electron chi connectivity index (χ4n) is 1.94. The number of ether oxygens (including phenoxy) is 1. The summed E-state index contributed by atoms with van der Waals surface area (Å²) in [4.78, 5) is 0. The highest BCUT2D eigenvalue weighted by molar-refractivity contribution is 6.35. The van der Waals surface area contributed by atoms with Crippen LogP contribution in [-0.2, 0) is 6.61 Å². The molecule has 22 heavy (non-hydrogen) atoms. The van der Waals surface area contributed by atoms with Gasteiger partial charge in [0.1, 0.15) is 5.75 Å². The predicted octanol–water partition coefficient (Wildman–Crippen LogP) is 4.93. The highest BCUT2D eigenvalue weighted by Gasteiger charge is 2.10. The molecular formula is C16H12Cl2N2O2. The summed E-state index contributed by atoms with van der Waals surface area (Å²) in [6.45, 7) is 2.15. The molecule has 6 heteroatoms. The number of rotatable bonds is 4. The number of aryl methyl sites for hydroxylation is 1. The van der Waals surface area contributed by atoms with Crippen LogP contribution in [0.1, 0.15) is 11.5 Å². The monoisotopic (exact) mass is 334 g/mol. The first-order chi connectivity index (χ1) is 10.6. The topological polar surface area (TPSA) is 48.2 Å². The van der Waals surface area contributed by atoms with Gasteiger partial charge in [0.25, 0.3) is 5.89 Å². The van der Waals surface area contributed by atoms with Gasteiger partial charge >= 0.3 is 0 Å². The summed E-state index contributed by atoms with van der Waals surface area (Å²) in [5, 5.41) is 8.99. The maximum Gasteiger partial charge on any atom is 0.254 e. The summed E-state index contributed by atoms with van der Waals surface area (Å²) < 4.78 is 11.2. The Labute approximate surface area is 137 Å². The molecule has 4 nitrogen and oxygen atoms in total. The first-order valence-electron chi connectivity index (χ1n) is 6.59. The molecule has 0 amide bonds. The van der Waals surface area contributed by atoms with Crippen molar-refractivity contribution in [3.63, 3.8) is 0 Å². The number of aromatic nitrogens is 2. The van der Waals surface area contributed by atoms with Gasteiger partial charge in [-0.25, -0.2) is 0 Å². The van der Waals surface area contributed by atoms with Gasteiger partial charge in [0.2, 0.25) is 5.89 Å². The Bertz CT molecular complexity index is 802. The van der Waals surface area contributed by atoms with Gasteiger partial charge in [0, 0.05) is 10.6 Å². The van der Waals surface area contributed by atoms with Crippen molar-refractivity contribution in [1.82, 2.24) is 10.2 Å². The van der Waals surface area contributed by atoms with Crippen molar-refractivity contribution < 1.29 is 9.15 Å². The largest absolute Gasteiger partial charge is 0.482 e. The fraction of sp³-hybridized carbons (Fsp3) is 0.125. The molecule has 0 fully saturated rings. The van der Waals surface area contributed by atoms with E-state index in [0.717, 1.165) is 11.1 Å². The summed E-state index contributed by atoms with van der Waals surface area (Å²) in [5.74, 6) is 1.35. The molecule has 0 aliphatic rings. The van der Waals surface area contributed by atoms with Gasteiger partial charge in [0.15, 0.2) is 6.61 Å². The van der Waals surface area contributed by atoms with E-state index in [9.17, 15) is 0 Å². The van der Waals surface area contributed by atoms with Gasteiger partial charge in [-0.3, -0.25) is 0 Å². The molecule has 0 radical (unpaired) electrons. The first-order valence-corrected chi connectivity index (χ1v) is 7.35. The molecule has 0 N–H and O–H groups in total. The van der Waals surface area contributed by atoms with Gasteiger partial charge in [0.05, 0.1) is 5.02 Å². The van der Waals surface area contributed by atoms with Crippen molar-refractivity contribution in [2.75, 3.05) is 0 Å². The van der Waals surface area contributed by atoms with Crippen molar-refractivity contribution in [2.24, 2.45) is 0 Å². The van der Waals surface area contributed by atoms with Crippen LogP contribution in [0.2, 0.25) is 10.0 Å². The van der Waals surface area contributed by atoms with Crippen LogP contribution < -0.4 is 4.74 Å². The number of benzene rings is 2. The average molecular weight is 335 g/mol. The smallest absolute Gasteiger partial charge is 0.254 e. The average Bonchev–Trinajstić information content (AvgIpc) is 2.95. The lowest BCUT2D eigenvalue weighted by Crippen LogP contribution is -1.96. The molecule has 3 rings (SSSR count). The molecule has 112 valence electrons. The molecule has 0 saturated heterocycles. The lowest BCUT2D eigenvalue weighted by Gasteiger charge is -2.05. The minimum Gasteiger partial charge on any atom is -0.482 e. The SMILES string of the molecule is Cc1cccc(-c2nnc(COc3ccc(Cl)cc3Cl)o2)c1. The van der Waals surface area contributed by atoms with Gasteiger partial charge in [-0.15, -0.1) is 10.2 Å². The fourth-order valence-corrected chi connectivity index (χ4v) is 2.40. The summed E-state index contributed by atoms with van der Waals surface area (Å²) in [7, 11) is 0. The minimum atomic E-state index is 0.139. The molecule has 1 aromatic heterocycles. The molecule has 0 aliphatic carbocycles. The third kappa shape index (κ3) is 3.40. The van der Waals surface area contributed by atoms with Crippen LogP contribution in [0.4, 0.5) is 0 Å². The second-order valence-corrected chi connectivity index (χ2v) is 5.58. The van der Waals surface area contributed by atoms with E-state index in [0.29, 0.717) is 27.6 Å². The third-order valence-electron chi connectivity index (χ3n) is 2.98. The number of hydrogen-bond donors (Lipinski definition) is 0. The first kappa shape index (κ1) is 14.9. The van der Waals surface area contributed by atoms with Gasteiger partial charge in [-0.2, -0.15) is 0 Å². The summed E-state index contributed by atoms with van der Waals surface area (Å²) >= 11 is 11.9. The zero-order chi connectivity index (χ0) is 15.5. The molecule has 2 aromatic carbocycles. The number of nitrogens with zero attached hydrogens (tertiary/aromatic N) is 2. The highest BCUT2D eigenvalue weighted by Crippen LogP contribution is 2.28. The van der Waals surface area contributed by atoms with Crippen LogP contribution >= 0.6 is 23.2 Å². The lowest BCUT2D eigenvalue weighted by molar-refractivity contribution is 0.264. The second-order valence-electron chi connectivity index (χ2n) is 4.73. The Hall–Kier alpha value is -2.04. The Kier molecular flexibility index (Phi) is 4.32. The quantitative estimate of drug-likeness (QED) is 0.678. The van der Waals surface area contributed by atoms with Crippen molar-refractivity contribution in [2.45, 2.75) is 13.5 Å². The highest BCUT2D eigenvalue weighted by atomic mass is 35.5. The van der Waals surface area contributed by atoms with E-state index in [1.54, 1.807) is 18.2 Å². The maximum atomic E-state index is 6.04. The standard InChI is InChI=1S/C16H12Cl2N2O2/c1-10-3-2-4-11(7-10)16-20-19-15(22-16)9-21-14-6-5-12(17)8-13(14)18/h2-8H,9H2,1H3. The summed E-state index contributed by atoms with van der Waals surface area (Å²) in [5.41, 5.74) is 2.00. The van der Waals surface area contributed by atoms with Crippen LogP contribution in [0.5, 0.6) is 5.75 Å².